The van der Waals surface area contributed by atoms with Crippen molar-refractivity contribution in [3.63, 3.8) is 0 Å². The molecule has 3 nitrogen and oxygen atoms in total. The van der Waals surface area contributed by atoms with Gasteiger partial charge in [0, 0.05) is 24.0 Å². The van der Waals surface area contributed by atoms with Gasteiger partial charge in [-0.2, -0.15) is 0 Å². The number of nitrogens with two attached hydrogens (primary N) is 1. The molecule has 0 spiro atoms. The van der Waals surface area contributed by atoms with Crippen LogP contribution in [0.5, 0.6) is 5.75 Å². The van der Waals surface area contributed by atoms with Crippen molar-refractivity contribution in [1.29, 1.82) is 0 Å². The molecule has 0 amide bonds. The van der Waals surface area contributed by atoms with Crippen LogP contribution in [-0.2, 0) is 13.0 Å². The van der Waals surface area contributed by atoms with E-state index in [0.717, 1.165) is 34.4 Å². The Morgan fingerprint density at radius 1 is 1.05 bits per heavy atom. The largest absolute Gasteiger partial charge is 0.488 e. The van der Waals surface area contributed by atoms with E-state index in [2.05, 4.69) is 37.0 Å². The van der Waals surface area contributed by atoms with Gasteiger partial charge in [-0.15, -0.1) is 0 Å². The molecule has 0 bridgehead atoms. The van der Waals surface area contributed by atoms with E-state index in [1.165, 1.54) is 5.56 Å². The van der Waals surface area contributed by atoms with E-state index < -0.39 is 0 Å². The van der Waals surface area contributed by atoms with Crippen molar-refractivity contribution in [2.75, 3.05) is 0 Å². The molecule has 0 fully saturated rings. The molecule has 3 heteroatoms. The van der Waals surface area contributed by atoms with E-state index >= 15 is 0 Å². The van der Waals surface area contributed by atoms with Crippen molar-refractivity contribution in [2.24, 2.45) is 5.73 Å². The molecule has 0 aliphatic rings. The van der Waals surface area contributed by atoms with Crippen LogP contribution < -0.4 is 10.5 Å². The summed E-state index contributed by atoms with van der Waals surface area (Å²) in [7, 11) is 0. The predicted octanol–water partition coefficient (Wildman–Crippen LogP) is 3.48. The number of rotatable bonds is 5. The molecule has 1 unspecified atom stereocenters. The van der Waals surface area contributed by atoms with Crippen LogP contribution in [0.25, 0.3) is 0 Å². The smallest absolute Gasteiger partial charge is 0.125 e. The molecule has 1 heterocycles. The second kappa shape index (κ2) is 6.72. The van der Waals surface area contributed by atoms with Crippen molar-refractivity contribution < 1.29 is 4.74 Å². The fourth-order valence-electron chi connectivity index (χ4n) is 2.61. The van der Waals surface area contributed by atoms with Gasteiger partial charge in [-0.05, 0) is 62.4 Å². The first-order valence-corrected chi connectivity index (χ1v) is 7.34. The summed E-state index contributed by atoms with van der Waals surface area (Å²) in [6.07, 6.45) is 4.59. The topological polar surface area (TPSA) is 48.1 Å². The van der Waals surface area contributed by atoms with Gasteiger partial charge in [0.25, 0.3) is 0 Å². The molecule has 0 radical (unpaired) electrons. The Balaban J connectivity index is 2.13. The van der Waals surface area contributed by atoms with Crippen LogP contribution in [-0.4, -0.2) is 11.0 Å². The first-order chi connectivity index (χ1) is 9.95. The molecular weight excluding hydrogens is 260 g/mol. The predicted molar refractivity (Wildman–Crippen MR) is 86.6 cm³/mol. The zero-order valence-corrected chi connectivity index (χ0v) is 13.3. The monoisotopic (exact) mass is 284 g/mol. The van der Waals surface area contributed by atoms with Crippen LogP contribution in [0.2, 0.25) is 0 Å². The van der Waals surface area contributed by atoms with Crippen LogP contribution in [0.3, 0.4) is 0 Å². The Morgan fingerprint density at radius 3 is 2.29 bits per heavy atom. The van der Waals surface area contributed by atoms with Gasteiger partial charge in [-0.25, -0.2) is 0 Å². The summed E-state index contributed by atoms with van der Waals surface area (Å²) in [5.74, 6) is 0.963. The minimum Gasteiger partial charge on any atom is -0.488 e. The average Bonchev–Trinajstić information content (AvgIpc) is 2.37. The van der Waals surface area contributed by atoms with Crippen molar-refractivity contribution >= 4 is 0 Å². The molecule has 1 aromatic carbocycles. The number of benzene rings is 1. The first kappa shape index (κ1) is 15.5. The van der Waals surface area contributed by atoms with Gasteiger partial charge in [-0.3, -0.25) is 4.98 Å². The van der Waals surface area contributed by atoms with Gasteiger partial charge in [-0.1, -0.05) is 12.1 Å². The number of hydrogen-bond donors (Lipinski definition) is 1. The maximum atomic E-state index is 6.00. The number of pyridine rings is 1. The zero-order chi connectivity index (χ0) is 15.4. The molecule has 2 N–H and O–H groups in total. The van der Waals surface area contributed by atoms with Crippen LogP contribution in [0.4, 0.5) is 0 Å². The third-order valence-electron chi connectivity index (χ3n) is 3.39. The van der Waals surface area contributed by atoms with E-state index in [4.69, 9.17) is 10.5 Å². The highest BCUT2D eigenvalue weighted by molar-refractivity contribution is 5.43. The molecule has 0 saturated carbocycles. The SMILES string of the molecule is Cc1cncc(COc2c(C)cc(CC(C)N)cc2C)c1. The second-order valence-corrected chi connectivity index (χ2v) is 5.90. The summed E-state index contributed by atoms with van der Waals surface area (Å²) in [6, 6.07) is 6.61. The Morgan fingerprint density at radius 2 is 1.71 bits per heavy atom. The van der Waals surface area contributed by atoms with E-state index in [1.54, 1.807) is 0 Å². The van der Waals surface area contributed by atoms with Crippen LogP contribution in [0, 0.1) is 20.8 Å². The maximum absolute atomic E-state index is 6.00. The third-order valence-corrected chi connectivity index (χ3v) is 3.39. The van der Waals surface area contributed by atoms with E-state index in [-0.39, 0.29) is 6.04 Å². The highest BCUT2D eigenvalue weighted by atomic mass is 16.5. The van der Waals surface area contributed by atoms with E-state index in [0.29, 0.717) is 6.61 Å². The summed E-state index contributed by atoms with van der Waals surface area (Å²) in [5, 5.41) is 0. The lowest BCUT2D eigenvalue weighted by Gasteiger charge is -2.15. The minimum absolute atomic E-state index is 0.175. The number of hydrogen-bond acceptors (Lipinski definition) is 3. The molecular formula is C18H24N2O. The molecule has 0 aliphatic heterocycles. The number of ether oxygens (including phenoxy) is 1. The Bertz CT molecular complexity index is 597. The fourth-order valence-corrected chi connectivity index (χ4v) is 2.61. The highest BCUT2D eigenvalue weighted by Crippen LogP contribution is 2.26. The van der Waals surface area contributed by atoms with Crippen molar-refractivity contribution in [3.8, 4) is 5.75 Å². The standard InChI is InChI=1S/C18H24N2O/c1-12-5-17(10-20-9-12)11-21-18-13(2)6-16(7-14(18)3)8-15(4)19/h5-7,9-10,15H,8,11,19H2,1-4H3. The lowest BCUT2D eigenvalue weighted by Crippen LogP contribution is -2.18. The van der Waals surface area contributed by atoms with Crippen LogP contribution in [0.15, 0.2) is 30.6 Å². The minimum atomic E-state index is 0.175. The van der Waals surface area contributed by atoms with Crippen molar-refractivity contribution in [3.05, 3.63) is 58.4 Å². The lowest BCUT2D eigenvalue weighted by atomic mass is 10.0. The fraction of sp³-hybridized carbons (Fsp3) is 0.389. The maximum Gasteiger partial charge on any atom is 0.125 e. The highest BCUT2D eigenvalue weighted by Gasteiger charge is 2.08. The molecule has 21 heavy (non-hydrogen) atoms. The lowest BCUT2D eigenvalue weighted by molar-refractivity contribution is 0.301. The normalized spacial score (nSPS) is 12.2. The quantitative estimate of drug-likeness (QED) is 0.914. The van der Waals surface area contributed by atoms with Gasteiger partial charge in [0.1, 0.15) is 12.4 Å². The molecule has 0 aliphatic carbocycles. The Kier molecular flexibility index (Phi) is 4.97. The summed E-state index contributed by atoms with van der Waals surface area (Å²) < 4.78 is 6.00. The van der Waals surface area contributed by atoms with E-state index in [9.17, 15) is 0 Å². The number of nitrogens with zero attached hydrogens (tertiary/aromatic N) is 1. The zero-order valence-electron chi connectivity index (χ0n) is 13.3. The van der Waals surface area contributed by atoms with E-state index in [1.807, 2.05) is 26.2 Å². The molecule has 112 valence electrons. The summed E-state index contributed by atoms with van der Waals surface area (Å²) in [4.78, 5) is 4.19. The van der Waals surface area contributed by atoms with Crippen LogP contribution >= 0.6 is 0 Å². The van der Waals surface area contributed by atoms with Crippen molar-refractivity contribution in [1.82, 2.24) is 4.98 Å². The van der Waals surface area contributed by atoms with Gasteiger partial charge in [0.15, 0.2) is 0 Å². The van der Waals surface area contributed by atoms with Gasteiger partial charge in [0.05, 0.1) is 0 Å². The number of aryl methyl sites for hydroxylation is 3. The molecule has 0 saturated heterocycles. The molecule has 1 atom stereocenters. The average molecular weight is 284 g/mol. The summed E-state index contributed by atoms with van der Waals surface area (Å²) >= 11 is 0. The second-order valence-electron chi connectivity index (χ2n) is 5.90. The third kappa shape index (κ3) is 4.30. The molecule has 1 aromatic heterocycles. The van der Waals surface area contributed by atoms with Gasteiger partial charge < -0.3 is 10.5 Å². The van der Waals surface area contributed by atoms with Crippen LogP contribution in [0.1, 0.15) is 34.7 Å². The summed E-state index contributed by atoms with van der Waals surface area (Å²) in [6.45, 7) is 8.78. The summed E-state index contributed by atoms with van der Waals surface area (Å²) in [5.41, 5.74) is 11.7. The van der Waals surface area contributed by atoms with Crippen molar-refractivity contribution in [2.45, 2.75) is 46.8 Å². The Hall–Kier alpha value is -1.87. The molecule has 2 rings (SSSR count). The number of aromatic nitrogens is 1. The Labute approximate surface area is 127 Å². The van der Waals surface area contributed by atoms with Gasteiger partial charge >= 0.3 is 0 Å². The van der Waals surface area contributed by atoms with Gasteiger partial charge in [0.2, 0.25) is 0 Å². The first-order valence-electron chi connectivity index (χ1n) is 7.34. The molecule has 2 aromatic rings.